The number of carbonyl (C=O) groups is 1. The summed E-state index contributed by atoms with van der Waals surface area (Å²) >= 11 is 0. The topological polar surface area (TPSA) is 91.8 Å². The normalized spacial score (nSPS) is 18.0. The van der Waals surface area contributed by atoms with Gasteiger partial charge in [-0.25, -0.2) is 0 Å². The highest BCUT2D eigenvalue weighted by Gasteiger charge is 2.38. The molecule has 4 rings (SSSR count). The maximum absolute atomic E-state index is 13.1. The van der Waals surface area contributed by atoms with Crippen LogP contribution in [0.25, 0.3) is 11.1 Å². The van der Waals surface area contributed by atoms with Crippen LogP contribution in [-0.4, -0.2) is 38.4 Å². The molecule has 1 fully saturated rings. The van der Waals surface area contributed by atoms with Gasteiger partial charge in [0.15, 0.2) is 5.82 Å². The zero-order valence-electron chi connectivity index (χ0n) is 15.7. The minimum Gasteiger partial charge on any atom is -0.411 e. The number of benzene rings is 2. The van der Waals surface area contributed by atoms with Crippen LogP contribution in [0.4, 0.5) is 0 Å². The molecule has 0 saturated carbocycles. The summed E-state index contributed by atoms with van der Waals surface area (Å²) in [5.41, 5.74) is 4.43. The Morgan fingerprint density at radius 2 is 1.93 bits per heavy atom. The van der Waals surface area contributed by atoms with E-state index in [1.807, 2.05) is 36.4 Å². The molecule has 0 unspecified atom stereocenters. The maximum atomic E-state index is 13.1. The highest BCUT2D eigenvalue weighted by atomic mass is 16.5. The molecular weight excluding hydrogens is 356 g/mol. The number of rotatable bonds is 3. The first-order valence-corrected chi connectivity index (χ1v) is 9.04. The lowest BCUT2D eigenvalue weighted by molar-refractivity contribution is 0.0713. The number of hydrogen-bond donors (Lipinski definition) is 1. The van der Waals surface area contributed by atoms with Crippen molar-refractivity contribution in [3.63, 3.8) is 0 Å². The molecule has 1 atom stereocenters. The average molecular weight is 376 g/mol. The van der Waals surface area contributed by atoms with Crippen LogP contribution in [0.3, 0.4) is 0 Å². The standard InChI is InChI=1S/C21H20N4O3/c1-13-5-3-4-6-18(13)15-7-9-16(10-8-15)21(26)25-12-17(23-27)11-19(25)20-22-14(2)24-28-20/h3-10,19,27H,11-12H2,1-2H3/t19-/m0/s1. The van der Waals surface area contributed by atoms with Gasteiger partial charge in [-0.2, -0.15) is 4.98 Å². The minimum atomic E-state index is -0.435. The van der Waals surface area contributed by atoms with E-state index < -0.39 is 6.04 Å². The summed E-state index contributed by atoms with van der Waals surface area (Å²) in [6.45, 7) is 4.01. The van der Waals surface area contributed by atoms with E-state index in [0.717, 1.165) is 11.1 Å². The summed E-state index contributed by atoms with van der Waals surface area (Å²) in [6.07, 6.45) is 0.366. The Labute approximate surface area is 162 Å². The van der Waals surface area contributed by atoms with Crippen molar-refractivity contribution in [2.24, 2.45) is 5.16 Å². The summed E-state index contributed by atoms with van der Waals surface area (Å²) in [5, 5.41) is 16.3. The van der Waals surface area contributed by atoms with Gasteiger partial charge in [0.2, 0.25) is 5.89 Å². The van der Waals surface area contributed by atoms with Gasteiger partial charge in [-0.15, -0.1) is 0 Å². The molecule has 3 aromatic rings. The van der Waals surface area contributed by atoms with Crippen molar-refractivity contribution in [2.45, 2.75) is 26.3 Å². The number of likely N-dealkylation sites (tertiary alicyclic amines) is 1. The molecule has 0 radical (unpaired) electrons. The lowest BCUT2D eigenvalue weighted by Gasteiger charge is -2.21. The Morgan fingerprint density at radius 1 is 1.18 bits per heavy atom. The predicted octanol–water partition coefficient (Wildman–Crippen LogP) is 3.77. The molecule has 0 aliphatic carbocycles. The molecule has 1 aromatic heterocycles. The van der Waals surface area contributed by atoms with E-state index in [1.54, 1.807) is 11.8 Å². The second-order valence-electron chi connectivity index (χ2n) is 6.89. The van der Waals surface area contributed by atoms with Crippen molar-refractivity contribution >= 4 is 11.6 Å². The third-order valence-corrected chi connectivity index (χ3v) is 4.98. The summed E-state index contributed by atoms with van der Waals surface area (Å²) in [4.78, 5) is 19.0. The van der Waals surface area contributed by atoms with Crippen LogP contribution in [0.15, 0.2) is 58.2 Å². The Kier molecular flexibility index (Phi) is 4.65. The van der Waals surface area contributed by atoms with Crippen LogP contribution < -0.4 is 0 Å². The Morgan fingerprint density at radius 3 is 2.57 bits per heavy atom. The summed E-state index contributed by atoms with van der Waals surface area (Å²) < 4.78 is 5.26. The van der Waals surface area contributed by atoms with Crippen LogP contribution in [0, 0.1) is 13.8 Å². The number of amides is 1. The molecule has 28 heavy (non-hydrogen) atoms. The number of carbonyl (C=O) groups excluding carboxylic acids is 1. The fourth-order valence-electron chi connectivity index (χ4n) is 3.51. The molecule has 1 saturated heterocycles. The molecule has 142 valence electrons. The zero-order valence-corrected chi connectivity index (χ0v) is 15.7. The van der Waals surface area contributed by atoms with E-state index in [0.29, 0.717) is 29.4 Å². The van der Waals surface area contributed by atoms with Crippen LogP contribution >= 0.6 is 0 Å². The van der Waals surface area contributed by atoms with Gasteiger partial charge in [0.1, 0.15) is 6.04 Å². The van der Waals surface area contributed by atoms with Crippen LogP contribution in [0.1, 0.15) is 40.1 Å². The number of aryl methyl sites for hydroxylation is 2. The van der Waals surface area contributed by atoms with Crippen LogP contribution in [-0.2, 0) is 0 Å². The van der Waals surface area contributed by atoms with Gasteiger partial charge in [-0.05, 0) is 42.7 Å². The SMILES string of the molecule is Cc1noc([C@@H]2CC(=NO)CN2C(=O)c2ccc(-c3ccccc3C)cc2)n1. The highest BCUT2D eigenvalue weighted by Crippen LogP contribution is 2.31. The predicted molar refractivity (Wildman–Crippen MR) is 103 cm³/mol. The number of hydrogen-bond acceptors (Lipinski definition) is 6. The fourth-order valence-corrected chi connectivity index (χ4v) is 3.51. The van der Waals surface area contributed by atoms with E-state index >= 15 is 0 Å². The van der Waals surface area contributed by atoms with Crippen LogP contribution in [0.2, 0.25) is 0 Å². The summed E-state index contributed by atoms with van der Waals surface area (Å²) in [5.74, 6) is 0.677. The Balaban J connectivity index is 1.61. The van der Waals surface area contributed by atoms with E-state index in [1.165, 1.54) is 5.56 Å². The molecule has 2 heterocycles. The third-order valence-electron chi connectivity index (χ3n) is 4.98. The largest absolute Gasteiger partial charge is 0.411 e. The van der Waals surface area contributed by atoms with Crippen molar-refractivity contribution in [1.82, 2.24) is 15.0 Å². The molecule has 1 aliphatic rings. The lowest BCUT2D eigenvalue weighted by Crippen LogP contribution is -2.31. The minimum absolute atomic E-state index is 0.171. The number of nitrogens with zero attached hydrogens (tertiary/aromatic N) is 4. The lowest BCUT2D eigenvalue weighted by atomic mass is 9.99. The first kappa shape index (κ1) is 17.9. The maximum Gasteiger partial charge on any atom is 0.254 e. The number of oxime groups is 1. The fraction of sp³-hybridized carbons (Fsp3) is 0.238. The van der Waals surface area contributed by atoms with E-state index in [2.05, 4.69) is 34.4 Å². The molecular formula is C21H20N4O3. The van der Waals surface area contributed by atoms with Crippen LogP contribution in [0.5, 0.6) is 0 Å². The van der Waals surface area contributed by atoms with Crippen molar-refractivity contribution in [2.75, 3.05) is 6.54 Å². The van der Waals surface area contributed by atoms with Gasteiger partial charge in [-0.3, -0.25) is 4.79 Å². The third kappa shape index (κ3) is 3.26. The molecule has 2 aromatic carbocycles. The van der Waals surface area contributed by atoms with Gasteiger partial charge in [0, 0.05) is 12.0 Å². The second-order valence-corrected chi connectivity index (χ2v) is 6.89. The molecule has 1 N–H and O–H groups in total. The van der Waals surface area contributed by atoms with Crippen molar-refractivity contribution < 1.29 is 14.5 Å². The monoisotopic (exact) mass is 376 g/mol. The van der Waals surface area contributed by atoms with E-state index in [-0.39, 0.29) is 12.5 Å². The molecule has 1 amide bonds. The molecule has 7 heteroatoms. The van der Waals surface area contributed by atoms with Gasteiger partial charge in [0.25, 0.3) is 5.91 Å². The average Bonchev–Trinajstić information content (AvgIpc) is 3.34. The quantitative estimate of drug-likeness (QED) is 0.555. The zero-order chi connectivity index (χ0) is 19.7. The van der Waals surface area contributed by atoms with Gasteiger partial charge in [0.05, 0.1) is 12.3 Å². The Bertz CT molecular complexity index is 1040. The summed E-state index contributed by atoms with van der Waals surface area (Å²) in [6, 6.07) is 15.2. The molecule has 1 aliphatic heterocycles. The molecule has 7 nitrogen and oxygen atoms in total. The van der Waals surface area contributed by atoms with Gasteiger partial charge < -0.3 is 14.6 Å². The molecule has 0 bridgehead atoms. The number of aromatic nitrogens is 2. The first-order valence-electron chi connectivity index (χ1n) is 9.04. The van der Waals surface area contributed by atoms with Gasteiger partial charge in [-0.1, -0.05) is 46.7 Å². The van der Waals surface area contributed by atoms with Crippen molar-refractivity contribution in [3.8, 4) is 11.1 Å². The molecule has 0 spiro atoms. The van der Waals surface area contributed by atoms with E-state index in [9.17, 15) is 10.0 Å². The highest BCUT2D eigenvalue weighted by molar-refractivity contribution is 6.00. The summed E-state index contributed by atoms with van der Waals surface area (Å²) in [7, 11) is 0. The Hall–Kier alpha value is -3.48. The smallest absolute Gasteiger partial charge is 0.254 e. The van der Waals surface area contributed by atoms with Gasteiger partial charge >= 0.3 is 0 Å². The second kappa shape index (κ2) is 7.26. The van der Waals surface area contributed by atoms with Crippen molar-refractivity contribution in [3.05, 3.63) is 71.4 Å². The van der Waals surface area contributed by atoms with E-state index in [4.69, 9.17) is 4.52 Å². The first-order chi connectivity index (χ1) is 13.6. The van der Waals surface area contributed by atoms with Crippen molar-refractivity contribution in [1.29, 1.82) is 0 Å².